The number of benzene rings is 1. The van der Waals surface area contributed by atoms with Crippen LogP contribution in [-0.2, 0) is 6.42 Å². The van der Waals surface area contributed by atoms with E-state index in [2.05, 4.69) is 9.36 Å². The van der Waals surface area contributed by atoms with Crippen LogP contribution in [0.5, 0.6) is 16.7 Å². The van der Waals surface area contributed by atoms with Gasteiger partial charge in [-0.05, 0) is 12.1 Å². The second-order valence-corrected chi connectivity index (χ2v) is 4.24. The van der Waals surface area contributed by atoms with Crippen LogP contribution in [-0.4, -0.2) is 21.4 Å². The minimum absolute atomic E-state index is 0.115. The molecule has 100 valence electrons. The second kappa shape index (κ2) is 5.61. The predicted molar refractivity (Wildman–Crippen MR) is 69.0 cm³/mol. The highest BCUT2D eigenvalue weighted by Gasteiger charge is 2.18. The standard InChI is InChI=1S/C11H11N3O4S/c1-3-10-12-11(19-13-10)18-9-5-4-7(17-2)6-8(9)14(15)16/h4-6H,3H2,1-2H3. The predicted octanol–water partition coefficient (Wildman–Crippen LogP) is 2.81. The molecule has 0 aliphatic carbocycles. The number of aryl methyl sites for hydroxylation is 1. The van der Waals surface area contributed by atoms with Crippen LogP contribution in [0.15, 0.2) is 18.2 Å². The summed E-state index contributed by atoms with van der Waals surface area (Å²) >= 11 is 1.06. The summed E-state index contributed by atoms with van der Waals surface area (Å²) in [5, 5.41) is 11.3. The Morgan fingerprint density at radius 1 is 1.47 bits per heavy atom. The molecule has 8 heteroatoms. The number of nitro benzene ring substituents is 1. The number of methoxy groups -OCH3 is 1. The van der Waals surface area contributed by atoms with Crippen LogP contribution in [0.2, 0.25) is 0 Å². The first-order valence-electron chi connectivity index (χ1n) is 5.47. The summed E-state index contributed by atoms with van der Waals surface area (Å²) in [5.41, 5.74) is -0.174. The molecule has 19 heavy (non-hydrogen) atoms. The Kier molecular flexibility index (Phi) is 3.91. The lowest BCUT2D eigenvalue weighted by atomic mass is 10.3. The van der Waals surface area contributed by atoms with Crippen LogP contribution < -0.4 is 9.47 Å². The van der Waals surface area contributed by atoms with E-state index in [4.69, 9.17) is 9.47 Å². The van der Waals surface area contributed by atoms with Crippen molar-refractivity contribution in [2.24, 2.45) is 0 Å². The van der Waals surface area contributed by atoms with Crippen molar-refractivity contribution in [3.8, 4) is 16.7 Å². The number of ether oxygens (including phenoxy) is 2. The fraction of sp³-hybridized carbons (Fsp3) is 0.273. The highest BCUT2D eigenvalue weighted by atomic mass is 32.1. The molecule has 0 saturated heterocycles. The molecule has 0 N–H and O–H groups in total. The zero-order valence-electron chi connectivity index (χ0n) is 10.3. The topological polar surface area (TPSA) is 87.4 Å². The number of nitro groups is 1. The fourth-order valence-corrected chi connectivity index (χ4v) is 2.00. The summed E-state index contributed by atoms with van der Waals surface area (Å²) in [6.07, 6.45) is 0.685. The summed E-state index contributed by atoms with van der Waals surface area (Å²) in [4.78, 5) is 14.5. The minimum Gasteiger partial charge on any atom is -0.496 e. The Hall–Kier alpha value is -2.22. The molecule has 0 bridgehead atoms. The molecule has 2 rings (SSSR count). The largest absolute Gasteiger partial charge is 0.496 e. The summed E-state index contributed by atoms with van der Waals surface area (Å²) in [7, 11) is 1.44. The van der Waals surface area contributed by atoms with Crippen LogP contribution >= 0.6 is 11.5 Å². The van der Waals surface area contributed by atoms with E-state index in [0.29, 0.717) is 18.0 Å². The first-order chi connectivity index (χ1) is 9.13. The number of hydrogen-bond acceptors (Lipinski definition) is 7. The van der Waals surface area contributed by atoms with Crippen molar-refractivity contribution < 1.29 is 14.4 Å². The van der Waals surface area contributed by atoms with E-state index >= 15 is 0 Å². The zero-order valence-corrected chi connectivity index (χ0v) is 11.1. The maximum atomic E-state index is 11.0. The van der Waals surface area contributed by atoms with Crippen molar-refractivity contribution in [3.05, 3.63) is 34.1 Å². The molecule has 0 radical (unpaired) electrons. The smallest absolute Gasteiger partial charge is 0.315 e. The Labute approximate surface area is 113 Å². The van der Waals surface area contributed by atoms with E-state index in [9.17, 15) is 10.1 Å². The van der Waals surface area contributed by atoms with Gasteiger partial charge in [-0.3, -0.25) is 10.1 Å². The summed E-state index contributed by atoms with van der Waals surface area (Å²) in [6, 6.07) is 4.37. The van der Waals surface area contributed by atoms with E-state index < -0.39 is 4.92 Å². The third-order valence-corrected chi connectivity index (χ3v) is 2.96. The lowest BCUT2D eigenvalue weighted by Gasteiger charge is -2.04. The molecule has 0 atom stereocenters. The van der Waals surface area contributed by atoms with Gasteiger partial charge >= 0.3 is 5.69 Å². The summed E-state index contributed by atoms with van der Waals surface area (Å²) in [5.74, 6) is 1.16. The van der Waals surface area contributed by atoms with E-state index in [-0.39, 0.29) is 16.6 Å². The average molecular weight is 281 g/mol. The van der Waals surface area contributed by atoms with E-state index in [1.807, 2.05) is 6.92 Å². The third kappa shape index (κ3) is 2.97. The van der Waals surface area contributed by atoms with E-state index in [1.165, 1.54) is 19.2 Å². The van der Waals surface area contributed by atoms with Gasteiger partial charge in [0, 0.05) is 18.0 Å². The molecule has 0 aliphatic heterocycles. The molecule has 2 aromatic rings. The molecule has 1 heterocycles. The van der Waals surface area contributed by atoms with Gasteiger partial charge in [0.2, 0.25) is 5.75 Å². The molecule has 7 nitrogen and oxygen atoms in total. The monoisotopic (exact) mass is 281 g/mol. The van der Waals surface area contributed by atoms with Crippen molar-refractivity contribution in [2.45, 2.75) is 13.3 Å². The Bertz CT molecular complexity index is 599. The van der Waals surface area contributed by atoms with Gasteiger partial charge < -0.3 is 9.47 Å². The zero-order chi connectivity index (χ0) is 13.8. The van der Waals surface area contributed by atoms with Crippen LogP contribution in [0.25, 0.3) is 0 Å². The van der Waals surface area contributed by atoms with Gasteiger partial charge in [-0.15, -0.1) is 0 Å². The third-order valence-electron chi connectivity index (χ3n) is 2.33. The van der Waals surface area contributed by atoms with E-state index in [1.54, 1.807) is 6.07 Å². The van der Waals surface area contributed by atoms with Gasteiger partial charge in [-0.1, -0.05) is 6.92 Å². The molecule has 1 aromatic heterocycles. The van der Waals surface area contributed by atoms with Crippen LogP contribution in [0, 0.1) is 10.1 Å². The van der Waals surface area contributed by atoms with Gasteiger partial charge in [0.25, 0.3) is 5.19 Å². The lowest BCUT2D eigenvalue weighted by Crippen LogP contribution is -1.94. The first-order valence-corrected chi connectivity index (χ1v) is 6.24. The van der Waals surface area contributed by atoms with Gasteiger partial charge in [-0.25, -0.2) is 0 Å². The molecule has 0 spiro atoms. The van der Waals surface area contributed by atoms with E-state index in [0.717, 1.165) is 11.5 Å². The Balaban J connectivity index is 2.31. The highest BCUT2D eigenvalue weighted by Crippen LogP contribution is 2.34. The highest BCUT2D eigenvalue weighted by molar-refractivity contribution is 7.07. The van der Waals surface area contributed by atoms with Crippen molar-refractivity contribution in [2.75, 3.05) is 7.11 Å². The number of nitrogens with zero attached hydrogens (tertiary/aromatic N) is 3. The summed E-state index contributed by atoms with van der Waals surface area (Å²) in [6.45, 7) is 1.92. The molecular weight excluding hydrogens is 270 g/mol. The van der Waals surface area contributed by atoms with Gasteiger partial charge in [0.1, 0.15) is 11.6 Å². The Morgan fingerprint density at radius 3 is 2.84 bits per heavy atom. The molecule has 0 aliphatic rings. The van der Waals surface area contributed by atoms with Crippen LogP contribution in [0.1, 0.15) is 12.7 Å². The SMILES string of the molecule is CCc1nsc(Oc2ccc(OC)cc2[N+](=O)[O-])n1. The normalized spacial score (nSPS) is 10.2. The molecule has 0 unspecified atom stereocenters. The Morgan fingerprint density at radius 2 is 2.26 bits per heavy atom. The lowest BCUT2D eigenvalue weighted by molar-refractivity contribution is -0.385. The van der Waals surface area contributed by atoms with Crippen LogP contribution in [0.3, 0.4) is 0 Å². The van der Waals surface area contributed by atoms with Gasteiger partial charge in [0.05, 0.1) is 18.1 Å². The first kappa shape index (κ1) is 13.2. The fourth-order valence-electron chi connectivity index (χ4n) is 1.37. The van der Waals surface area contributed by atoms with Crippen molar-refractivity contribution in [1.29, 1.82) is 0 Å². The van der Waals surface area contributed by atoms with Crippen LogP contribution in [0.4, 0.5) is 5.69 Å². The molecule has 1 aromatic carbocycles. The van der Waals surface area contributed by atoms with Crippen molar-refractivity contribution >= 4 is 17.2 Å². The van der Waals surface area contributed by atoms with Gasteiger partial charge in [-0.2, -0.15) is 9.36 Å². The number of rotatable bonds is 5. The quantitative estimate of drug-likeness (QED) is 0.618. The molecular formula is C11H11N3O4S. The minimum atomic E-state index is -0.528. The molecule has 0 fully saturated rings. The van der Waals surface area contributed by atoms with Gasteiger partial charge in [0.15, 0.2) is 0 Å². The summed E-state index contributed by atoms with van der Waals surface area (Å²) < 4.78 is 14.4. The molecule has 0 amide bonds. The van der Waals surface area contributed by atoms with Crippen molar-refractivity contribution in [3.63, 3.8) is 0 Å². The maximum absolute atomic E-state index is 11.0. The maximum Gasteiger partial charge on any atom is 0.315 e. The second-order valence-electron chi connectivity index (χ2n) is 3.52. The number of aromatic nitrogens is 2. The molecule has 0 saturated carbocycles. The van der Waals surface area contributed by atoms with Crippen molar-refractivity contribution in [1.82, 2.24) is 9.36 Å². The average Bonchev–Trinajstić information content (AvgIpc) is 2.86. The number of hydrogen-bond donors (Lipinski definition) is 0.